The molecule has 0 aromatic heterocycles. The summed E-state index contributed by atoms with van der Waals surface area (Å²) < 4.78 is 0. The Morgan fingerprint density at radius 1 is 1.62 bits per heavy atom. The van der Waals surface area contributed by atoms with Crippen molar-refractivity contribution in [2.45, 2.75) is 32.2 Å². The number of rotatable bonds is 4. The van der Waals surface area contributed by atoms with Crippen molar-refractivity contribution in [3.63, 3.8) is 0 Å². The lowest BCUT2D eigenvalue weighted by Gasteiger charge is -2.37. The molecule has 0 atom stereocenters. The molecule has 0 unspecified atom stereocenters. The van der Waals surface area contributed by atoms with E-state index in [-0.39, 0.29) is 11.9 Å². The molecule has 0 aromatic rings. The highest BCUT2D eigenvalue weighted by molar-refractivity contribution is 5.80. The molecule has 2 rings (SSSR count). The van der Waals surface area contributed by atoms with Gasteiger partial charge in [0.1, 0.15) is 0 Å². The fraction of sp³-hybridized carbons (Fsp3) is 0.750. The maximum absolute atomic E-state index is 12.1. The first-order chi connectivity index (χ1) is 7.70. The molecule has 1 aliphatic carbocycles. The smallest absolute Gasteiger partial charge is 0.240 e. The second kappa shape index (κ2) is 4.97. The largest absolute Gasteiger partial charge is 0.325 e. The van der Waals surface area contributed by atoms with Crippen molar-refractivity contribution in [1.29, 1.82) is 0 Å². The summed E-state index contributed by atoms with van der Waals surface area (Å²) in [4.78, 5) is 16.1. The van der Waals surface area contributed by atoms with Crippen molar-refractivity contribution in [2.75, 3.05) is 26.2 Å². The van der Waals surface area contributed by atoms with Crippen LogP contribution in [0.15, 0.2) is 11.8 Å². The highest BCUT2D eigenvalue weighted by Crippen LogP contribution is 2.21. The number of hydrogen-bond donors (Lipinski definition) is 1. The van der Waals surface area contributed by atoms with Crippen molar-refractivity contribution >= 4 is 5.91 Å². The molecule has 4 heteroatoms. The molecular formula is C12H21N3O. The van der Waals surface area contributed by atoms with Crippen molar-refractivity contribution in [3.05, 3.63) is 11.8 Å². The lowest BCUT2D eigenvalue weighted by molar-refractivity contribution is -0.131. The average Bonchev–Trinajstić information content (AvgIpc) is 2.70. The Balaban J connectivity index is 1.86. The summed E-state index contributed by atoms with van der Waals surface area (Å²) in [5, 5.41) is 0. The van der Waals surface area contributed by atoms with Crippen molar-refractivity contribution in [1.82, 2.24) is 9.80 Å². The maximum Gasteiger partial charge on any atom is 0.240 e. The number of amides is 1. The Labute approximate surface area is 97.1 Å². The average molecular weight is 223 g/mol. The minimum atomic E-state index is 0.225. The van der Waals surface area contributed by atoms with Crippen LogP contribution in [0.4, 0.5) is 0 Å². The second-order valence-electron chi connectivity index (χ2n) is 4.68. The van der Waals surface area contributed by atoms with Crippen LogP contribution in [-0.4, -0.2) is 47.9 Å². The van der Waals surface area contributed by atoms with Gasteiger partial charge in [-0.05, 0) is 26.2 Å². The molecule has 1 heterocycles. The fourth-order valence-corrected chi connectivity index (χ4v) is 2.45. The Morgan fingerprint density at radius 2 is 2.38 bits per heavy atom. The van der Waals surface area contributed by atoms with E-state index >= 15 is 0 Å². The predicted octanol–water partition coefficient (Wildman–Crippen LogP) is 0.546. The van der Waals surface area contributed by atoms with Gasteiger partial charge < -0.3 is 10.6 Å². The SMILES string of the molecule is CCN(C(=O)CN1CC(N)C1)C1=CCCC1. The lowest BCUT2D eigenvalue weighted by Crippen LogP contribution is -2.58. The highest BCUT2D eigenvalue weighted by Gasteiger charge is 2.27. The molecule has 1 fully saturated rings. The van der Waals surface area contributed by atoms with Gasteiger partial charge in [-0.1, -0.05) is 6.08 Å². The Hall–Kier alpha value is -0.870. The number of nitrogens with two attached hydrogens (primary N) is 1. The molecule has 0 aromatic carbocycles. The van der Waals surface area contributed by atoms with Gasteiger partial charge in [0.2, 0.25) is 5.91 Å². The number of nitrogens with zero attached hydrogens (tertiary/aromatic N) is 2. The van der Waals surface area contributed by atoms with E-state index in [9.17, 15) is 4.79 Å². The molecule has 0 bridgehead atoms. The molecule has 2 N–H and O–H groups in total. The molecular weight excluding hydrogens is 202 g/mol. The van der Waals surface area contributed by atoms with E-state index in [1.54, 1.807) is 0 Å². The lowest BCUT2D eigenvalue weighted by atomic mass is 10.1. The summed E-state index contributed by atoms with van der Waals surface area (Å²) in [6.07, 6.45) is 5.56. The van der Waals surface area contributed by atoms with E-state index in [4.69, 9.17) is 5.73 Å². The number of likely N-dealkylation sites (tertiary alicyclic amines) is 1. The number of hydrogen-bond acceptors (Lipinski definition) is 3. The van der Waals surface area contributed by atoms with Crippen LogP contribution >= 0.6 is 0 Å². The highest BCUT2D eigenvalue weighted by atomic mass is 16.2. The van der Waals surface area contributed by atoms with E-state index in [1.165, 1.54) is 12.1 Å². The normalized spacial score (nSPS) is 21.8. The van der Waals surface area contributed by atoms with Crippen LogP contribution in [0.3, 0.4) is 0 Å². The van der Waals surface area contributed by atoms with Gasteiger partial charge in [-0.25, -0.2) is 0 Å². The van der Waals surface area contributed by atoms with Gasteiger partial charge in [0.15, 0.2) is 0 Å². The van der Waals surface area contributed by atoms with Crippen LogP contribution in [0.1, 0.15) is 26.2 Å². The minimum absolute atomic E-state index is 0.225. The Morgan fingerprint density at radius 3 is 2.88 bits per heavy atom. The van der Waals surface area contributed by atoms with Crippen LogP contribution in [0, 0.1) is 0 Å². The molecule has 90 valence electrons. The van der Waals surface area contributed by atoms with Crippen molar-refractivity contribution in [3.8, 4) is 0 Å². The standard InChI is InChI=1S/C12H21N3O/c1-2-15(11-5-3-4-6-11)12(16)9-14-7-10(13)8-14/h5,10H,2-4,6-9,13H2,1H3. The summed E-state index contributed by atoms with van der Waals surface area (Å²) in [5.41, 5.74) is 6.92. The van der Waals surface area contributed by atoms with Crippen LogP contribution in [-0.2, 0) is 4.79 Å². The maximum atomic E-state index is 12.1. The first-order valence-corrected chi connectivity index (χ1v) is 6.18. The number of allylic oxidation sites excluding steroid dienone is 2. The van der Waals surface area contributed by atoms with Crippen LogP contribution in [0.2, 0.25) is 0 Å². The molecule has 4 nitrogen and oxygen atoms in total. The van der Waals surface area contributed by atoms with E-state index < -0.39 is 0 Å². The fourth-order valence-electron chi connectivity index (χ4n) is 2.45. The van der Waals surface area contributed by atoms with Gasteiger partial charge in [-0.2, -0.15) is 0 Å². The number of carbonyl (C=O) groups excluding carboxylic acids is 1. The molecule has 0 radical (unpaired) electrons. The Bertz CT molecular complexity index is 295. The van der Waals surface area contributed by atoms with Gasteiger partial charge in [0.25, 0.3) is 0 Å². The van der Waals surface area contributed by atoms with E-state index in [0.29, 0.717) is 6.54 Å². The molecule has 0 saturated carbocycles. The van der Waals surface area contributed by atoms with Crippen LogP contribution in [0.25, 0.3) is 0 Å². The zero-order chi connectivity index (χ0) is 11.5. The van der Waals surface area contributed by atoms with Crippen molar-refractivity contribution in [2.24, 2.45) is 5.73 Å². The number of carbonyl (C=O) groups is 1. The van der Waals surface area contributed by atoms with Crippen molar-refractivity contribution < 1.29 is 4.79 Å². The first kappa shape index (κ1) is 11.6. The van der Waals surface area contributed by atoms with Gasteiger partial charge >= 0.3 is 0 Å². The molecule has 1 aliphatic heterocycles. The topological polar surface area (TPSA) is 49.6 Å². The molecule has 16 heavy (non-hydrogen) atoms. The third-order valence-electron chi connectivity index (χ3n) is 3.33. The third-order valence-corrected chi connectivity index (χ3v) is 3.33. The molecule has 1 saturated heterocycles. The van der Waals surface area contributed by atoms with E-state index in [2.05, 4.69) is 11.0 Å². The first-order valence-electron chi connectivity index (χ1n) is 6.18. The number of likely N-dealkylation sites (N-methyl/N-ethyl adjacent to an activating group) is 1. The summed E-state index contributed by atoms with van der Waals surface area (Å²) in [6, 6.07) is 0.272. The second-order valence-corrected chi connectivity index (χ2v) is 4.68. The molecule has 0 spiro atoms. The summed E-state index contributed by atoms with van der Waals surface area (Å²) in [6.45, 7) is 5.08. The quantitative estimate of drug-likeness (QED) is 0.757. The third kappa shape index (κ3) is 2.44. The van der Waals surface area contributed by atoms with Gasteiger partial charge in [0, 0.05) is 31.4 Å². The molecule has 2 aliphatic rings. The van der Waals surface area contributed by atoms with Crippen LogP contribution in [0.5, 0.6) is 0 Å². The zero-order valence-electron chi connectivity index (χ0n) is 9.98. The zero-order valence-corrected chi connectivity index (χ0v) is 9.98. The minimum Gasteiger partial charge on any atom is -0.325 e. The van der Waals surface area contributed by atoms with Gasteiger partial charge in [-0.3, -0.25) is 9.69 Å². The summed E-state index contributed by atoms with van der Waals surface area (Å²) >= 11 is 0. The van der Waals surface area contributed by atoms with Gasteiger partial charge in [0.05, 0.1) is 6.54 Å². The summed E-state index contributed by atoms with van der Waals surface area (Å²) in [5.74, 6) is 0.225. The van der Waals surface area contributed by atoms with E-state index in [1.807, 2.05) is 11.8 Å². The molecule has 1 amide bonds. The Kier molecular flexibility index (Phi) is 3.61. The predicted molar refractivity (Wildman–Crippen MR) is 63.7 cm³/mol. The summed E-state index contributed by atoms with van der Waals surface area (Å²) in [7, 11) is 0. The monoisotopic (exact) mass is 223 g/mol. The van der Waals surface area contributed by atoms with E-state index in [0.717, 1.165) is 32.5 Å². The van der Waals surface area contributed by atoms with Crippen LogP contribution < -0.4 is 5.73 Å². The van der Waals surface area contributed by atoms with Gasteiger partial charge in [-0.15, -0.1) is 0 Å².